The van der Waals surface area contributed by atoms with Gasteiger partial charge < -0.3 is 26.5 Å². The maximum atomic E-state index is 12.5. The van der Waals surface area contributed by atoms with Gasteiger partial charge in [0.15, 0.2) is 0 Å². The van der Waals surface area contributed by atoms with Crippen LogP contribution in [0.15, 0.2) is 0 Å². The summed E-state index contributed by atoms with van der Waals surface area (Å²) in [6, 6.07) is -0.782. The topological polar surface area (TPSA) is 172 Å². The number of primary amides is 1. The molecule has 0 aliphatic carbocycles. The normalized spacial score (nSPS) is 16.3. The van der Waals surface area contributed by atoms with Crippen LogP contribution in [0.4, 0.5) is 0 Å². The summed E-state index contributed by atoms with van der Waals surface area (Å²) in [6.07, 6.45) is 5.81. The van der Waals surface area contributed by atoms with Gasteiger partial charge in [0, 0.05) is 38.1 Å². The average molecular weight is 588 g/mol. The number of nitrogens with one attached hydrogen (secondary N) is 3. The number of amides is 5. The molecule has 11 nitrogen and oxygen atoms in total. The fourth-order valence-corrected chi connectivity index (χ4v) is 5.40. The summed E-state index contributed by atoms with van der Waals surface area (Å²) >= 11 is 2.99. The Morgan fingerprint density at radius 3 is 2.51 bits per heavy atom. The molecule has 0 spiro atoms. The molecule has 222 valence electrons. The number of carbonyl (C=O) groups is 5. The fraction of sp³-hybridized carbons (Fsp3) is 0.769. The second-order valence-electron chi connectivity index (χ2n) is 10.3. The first-order valence-electron chi connectivity index (χ1n) is 13.3. The molecule has 1 saturated heterocycles. The summed E-state index contributed by atoms with van der Waals surface area (Å²) in [7, 11) is 0. The Morgan fingerprint density at radius 2 is 1.87 bits per heavy atom. The molecule has 0 aromatic carbocycles. The van der Waals surface area contributed by atoms with Gasteiger partial charge in [-0.25, -0.2) is 0 Å². The molecule has 1 rings (SSSR count). The Balaban J connectivity index is 2.27. The predicted molar refractivity (Wildman–Crippen MR) is 156 cm³/mol. The van der Waals surface area contributed by atoms with E-state index >= 15 is 0 Å². The Hall–Kier alpha value is -2.12. The first-order chi connectivity index (χ1) is 18.4. The van der Waals surface area contributed by atoms with Gasteiger partial charge in [-0.05, 0) is 71.3 Å². The zero-order valence-corrected chi connectivity index (χ0v) is 25.3. The number of hydrogen-bond acceptors (Lipinski definition) is 9. The third kappa shape index (κ3) is 14.7. The first kappa shape index (κ1) is 34.9. The molecule has 0 saturated carbocycles. The largest absolute Gasteiger partial charge is 0.368 e. The zero-order chi connectivity index (χ0) is 29.4. The van der Waals surface area contributed by atoms with Gasteiger partial charge in [-0.3, -0.25) is 28.9 Å². The first-order valence-corrected chi connectivity index (χ1v) is 15.8. The molecule has 0 radical (unpaired) electrons. The molecule has 0 aromatic heterocycles. The maximum Gasteiger partial charge on any atom is 0.242 e. The minimum atomic E-state index is -0.782. The minimum absolute atomic E-state index is 0.0266. The summed E-state index contributed by atoms with van der Waals surface area (Å²) in [6.45, 7) is 5.99. The zero-order valence-electron chi connectivity index (χ0n) is 23.6. The Morgan fingerprint density at radius 1 is 1.15 bits per heavy atom. The Labute approximate surface area is 240 Å². The van der Waals surface area contributed by atoms with Crippen LogP contribution in [0, 0.1) is 5.41 Å². The van der Waals surface area contributed by atoms with Gasteiger partial charge >= 0.3 is 0 Å². The van der Waals surface area contributed by atoms with E-state index in [9.17, 15) is 24.0 Å². The molecule has 2 unspecified atom stereocenters. The van der Waals surface area contributed by atoms with Crippen LogP contribution in [0.5, 0.6) is 0 Å². The van der Waals surface area contributed by atoms with E-state index in [4.69, 9.17) is 15.9 Å². The summed E-state index contributed by atoms with van der Waals surface area (Å²) in [4.78, 5) is 62.2. The highest BCUT2D eigenvalue weighted by atomic mass is 32.2. The number of ether oxygens (including phenoxy) is 1. The molecule has 5 N–H and O–H groups in total. The van der Waals surface area contributed by atoms with Gasteiger partial charge in [-0.2, -0.15) is 0 Å². The van der Waals surface area contributed by atoms with Gasteiger partial charge in [-0.15, -0.1) is 23.5 Å². The molecule has 5 amide bonds. The van der Waals surface area contributed by atoms with E-state index in [1.54, 1.807) is 18.7 Å². The van der Waals surface area contributed by atoms with Gasteiger partial charge in [0.25, 0.3) is 0 Å². The lowest BCUT2D eigenvalue weighted by Gasteiger charge is -2.25. The second-order valence-corrected chi connectivity index (χ2v) is 12.4. The number of thioether (sulfide) groups is 2. The molecule has 1 fully saturated rings. The summed E-state index contributed by atoms with van der Waals surface area (Å²) in [5.41, 5.74) is 5.60. The SMILES string of the molecule is CSCOC(C)(C)CCC(=O)NC(CCCCNC(=O)CCN1C(=O)CC(SCCCC(C)=N)C1=O)C(N)=O. The Kier molecular flexibility index (Phi) is 16.4. The molecular formula is C26H45N5O6S2. The van der Waals surface area contributed by atoms with E-state index in [1.165, 1.54) is 11.8 Å². The van der Waals surface area contributed by atoms with Crippen molar-refractivity contribution in [3.63, 3.8) is 0 Å². The van der Waals surface area contributed by atoms with Crippen molar-refractivity contribution in [2.24, 2.45) is 5.73 Å². The predicted octanol–water partition coefficient (Wildman–Crippen LogP) is 2.21. The number of nitrogens with two attached hydrogens (primary N) is 1. The van der Waals surface area contributed by atoms with E-state index < -0.39 is 22.8 Å². The summed E-state index contributed by atoms with van der Waals surface area (Å²) in [5.74, 6) is -0.396. The van der Waals surface area contributed by atoms with Crippen molar-refractivity contribution in [3.05, 3.63) is 0 Å². The third-order valence-corrected chi connectivity index (χ3v) is 7.87. The lowest BCUT2D eigenvalue weighted by molar-refractivity contribution is -0.138. The number of nitrogens with zero attached hydrogens (tertiary/aromatic N) is 1. The summed E-state index contributed by atoms with van der Waals surface area (Å²) in [5, 5.41) is 12.5. The quantitative estimate of drug-likeness (QED) is 0.0685. The van der Waals surface area contributed by atoms with E-state index in [2.05, 4.69) is 10.6 Å². The molecular weight excluding hydrogens is 542 g/mol. The van der Waals surface area contributed by atoms with Crippen LogP contribution in [0.25, 0.3) is 0 Å². The van der Waals surface area contributed by atoms with Crippen molar-refractivity contribution < 1.29 is 28.7 Å². The van der Waals surface area contributed by atoms with E-state index in [0.717, 1.165) is 11.3 Å². The van der Waals surface area contributed by atoms with Crippen molar-refractivity contribution in [2.75, 3.05) is 31.0 Å². The third-order valence-electron chi connectivity index (χ3n) is 6.22. The van der Waals surface area contributed by atoms with Gasteiger partial charge in [0.2, 0.25) is 29.5 Å². The van der Waals surface area contributed by atoms with E-state index in [-0.39, 0.29) is 49.4 Å². The standard InChI is InChI=1S/C26H45N5O6S2/c1-18(27)8-7-15-39-20-16-23(34)31(25(20)36)14-11-21(32)29-13-6-5-9-19(24(28)35)30-22(33)10-12-26(2,3)37-17-38-4/h19-20,27H,5-17H2,1-4H3,(H2,28,35)(H,29,32)(H,30,33). The molecule has 1 aliphatic rings. The van der Waals surface area contributed by atoms with Crippen LogP contribution in [0.2, 0.25) is 0 Å². The number of imide groups is 1. The Bertz CT molecular complexity index is 870. The van der Waals surface area contributed by atoms with E-state index in [0.29, 0.717) is 56.1 Å². The minimum Gasteiger partial charge on any atom is -0.368 e. The van der Waals surface area contributed by atoms with Crippen molar-refractivity contribution >= 4 is 58.8 Å². The van der Waals surface area contributed by atoms with Gasteiger partial charge in [0.1, 0.15) is 6.04 Å². The molecule has 1 heterocycles. The highest BCUT2D eigenvalue weighted by Crippen LogP contribution is 2.26. The van der Waals surface area contributed by atoms with Crippen LogP contribution >= 0.6 is 23.5 Å². The lowest BCUT2D eigenvalue weighted by Crippen LogP contribution is -2.44. The molecule has 0 aromatic rings. The number of likely N-dealkylation sites (tertiary alicyclic amines) is 1. The second kappa shape index (κ2) is 18.3. The average Bonchev–Trinajstić information content (AvgIpc) is 3.13. The summed E-state index contributed by atoms with van der Waals surface area (Å²) < 4.78 is 5.69. The number of carbonyl (C=O) groups excluding carboxylic acids is 5. The lowest BCUT2D eigenvalue weighted by atomic mass is 10.0. The monoisotopic (exact) mass is 587 g/mol. The number of hydrogen-bond donors (Lipinski definition) is 4. The number of unbranched alkanes of at least 4 members (excludes halogenated alkanes) is 1. The number of rotatable bonds is 21. The van der Waals surface area contributed by atoms with Gasteiger partial charge in [0.05, 0.1) is 16.8 Å². The van der Waals surface area contributed by atoms with Crippen molar-refractivity contribution in [3.8, 4) is 0 Å². The van der Waals surface area contributed by atoms with Crippen LogP contribution in [0.3, 0.4) is 0 Å². The molecule has 13 heteroatoms. The van der Waals surface area contributed by atoms with Crippen LogP contribution in [-0.2, 0) is 28.7 Å². The van der Waals surface area contributed by atoms with Crippen molar-refractivity contribution in [1.29, 1.82) is 5.41 Å². The molecule has 0 bridgehead atoms. The smallest absolute Gasteiger partial charge is 0.242 e. The molecule has 2 atom stereocenters. The van der Waals surface area contributed by atoms with Crippen LogP contribution in [0.1, 0.15) is 78.6 Å². The van der Waals surface area contributed by atoms with Gasteiger partial charge in [-0.1, -0.05) is 0 Å². The van der Waals surface area contributed by atoms with Crippen LogP contribution in [-0.4, -0.2) is 88.1 Å². The van der Waals surface area contributed by atoms with E-state index in [1.807, 2.05) is 20.1 Å². The highest BCUT2D eigenvalue weighted by molar-refractivity contribution is 8.00. The van der Waals surface area contributed by atoms with Crippen molar-refractivity contribution in [2.45, 2.75) is 95.5 Å². The molecule has 39 heavy (non-hydrogen) atoms. The van der Waals surface area contributed by atoms with Crippen LogP contribution < -0.4 is 16.4 Å². The highest BCUT2D eigenvalue weighted by Gasteiger charge is 2.38. The van der Waals surface area contributed by atoms with Crippen molar-refractivity contribution in [1.82, 2.24) is 15.5 Å². The fourth-order valence-electron chi connectivity index (χ4n) is 3.84. The maximum absolute atomic E-state index is 12.5. The molecule has 1 aliphatic heterocycles.